The second-order valence-electron chi connectivity index (χ2n) is 5.61. The van der Waals surface area contributed by atoms with Gasteiger partial charge in [-0.1, -0.05) is 30.3 Å². The molecule has 3 rings (SSSR count). The van der Waals surface area contributed by atoms with Crippen molar-refractivity contribution in [1.82, 2.24) is 5.48 Å². The molecular formula is C18H18F2N2O4. The van der Waals surface area contributed by atoms with Gasteiger partial charge in [-0.05, 0) is 30.4 Å². The minimum atomic E-state index is -3.01. The lowest BCUT2D eigenvalue weighted by atomic mass is 10.2. The Kier molecular flexibility index (Phi) is 6.21. The molecule has 0 spiro atoms. The molecule has 1 N–H and O–H groups in total. The molecule has 0 aromatic heterocycles. The molecule has 6 nitrogen and oxygen atoms in total. The lowest BCUT2D eigenvalue weighted by molar-refractivity contribution is -0.216. The van der Waals surface area contributed by atoms with Crippen molar-refractivity contribution in [3.05, 3.63) is 66.0 Å². The summed E-state index contributed by atoms with van der Waals surface area (Å²) in [7, 11) is 0. The average molecular weight is 364 g/mol. The number of nitrogens with zero attached hydrogens (tertiary/aromatic N) is 1. The number of aliphatic imine (C=N–C) groups is 1. The number of hydrogen-bond donors (Lipinski definition) is 1. The molecule has 138 valence electrons. The number of rotatable bonds is 8. The van der Waals surface area contributed by atoms with Gasteiger partial charge in [0.2, 0.25) is 5.84 Å². The molecular weight excluding hydrogens is 346 g/mol. The van der Waals surface area contributed by atoms with E-state index in [0.29, 0.717) is 12.5 Å². The summed E-state index contributed by atoms with van der Waals surface area (Å²) in [6.07, 6.45) is 7.75. The normalized spacial score (nSPS) is 17.4. The van der Waals surface area contributed by atoms with Crippen molar-refractivity contribution in [3.8, 4) is 0 Å². The number of nitrogens with one attached hydrogen (secondary N) is 1. The van der Waals surface area contributed by atoms with E-state index in [1.165, 1.54) is 12.3 Å². The first-order valence-electron chi connectivity index (χ1n) is 8.09. The first-order valence-corrected chi connectivity index (χ1v) is 8.09. The first-order chi connectivity index (χ1) is 12.7. The molecule has 2 aliphatic rings. The molecule has 26 heavy (non-hydrogen) atoms. The zero-order valence-electron chi connectivity index (χ0n) is 13.8. The maximum absolute atomic E-state index is 12.6. The molecule has 0 unspecified atom stereocenters. The van der Waals surface area contributed by atoms with Gasteiger partial charge in [-0.15, -0.1) is 0 Å². The Morgan fingerprint density at radius 3 is 2.85 bits per heavy atom. The van der Waals surface area contributed by atoms with Crippen LogP contribution in [0.3, 0.4) is 0 Å². The molecule has 1 heterocycles. The van der Waals surface area contributed by atoms with Gasteiger partial charge in [-0.25, -0.2) is 10.5 Å². The smallest absolute Gasteiger partial charge is 0.387 e. The van der Waals surface area contributed by atoms with Crippen LogP contribution in [0.2, 0.25) is 0 Å². The SMILES string of the molecule is FC(F)OC1=C(C(=NC=Cc2ccccc2)NOCC2CC2)OOC=C1. The molecule has 1 fully saturated rings. The van der Waals surface area contributed by atoms with Crippen LogP contribution in [-0.4, -0.2) is 19.1 Å². The Balaban J connectivity index is 1.78. The minimum Gasteiger partial charge on any atom is -0.430 e. The number of benzene rings is 1. The highest BCUT2D eigenvalue weighted by molar-refractivity contribution is 5.97. The van der Waals surface area contributed by atoms with E-state index >= 15 is 0 Å². The van der Waals surface area contributed by atoms with Gasteiger partial charge >= 0.3 is 6.61 Å². The molecule has 0 bridgehead atoms. The number of hydroxylamine groups is 1. The lowest BCUT2D eigenvalue weighted by Crippen LogP contribution is -2.29. The van der Waals surface area contributed by atoms with E-state index in [2.05, 4.69) is 15.2 Å². The highest BCUT2D eigenvalue weighted by atomic mass is 19.3. The van der Waals surface area contributed by atoms with Gasteiger partial charge in [0.1, 0.15) is 6.26 Å². The van der Waals surface area contributed by atoms with Crippen molar-refractivity contribution in [3.63, 3.8) is 0 Å². The largest absolute Gasteiger partial charge is 0.430 e. The van der Waals surface area contributed by atoms with Crippen molar-refractivity contribution in [2.45, 2.75) is 19.5 Å². The second-order valence-corrected chi connectivity index (χ2v) is 5.61. The number of ether oxygens (including phenoxy) is 1. The van der Waals surface area contributed by atoms with Gasteiger partial charge in [-0.3, -0.25) is 14.6 Å². The maximum atomic E-state index is 12.6. The standard InChI is InChI=1S/C18H18F2N2O4/c19-18(20)25-15-9-11-24-26-16(15)17(22-23-12-14-6-7-14)21-10-8-13-4-2-1-3-5-13/h1-5,8-11,14,18H,6-7,12H2,(H,21,22). The summed E-state index contributed by atoms with van der Waals surface area (Å²) in [4.78, 5) is 19.2. The maximum Gasteiger partial charge on any atom is 0.387 e. The van der Waals surface area contributed by atoms with E-state index in [9.17, 15) is 8.78 Å². The molecule has 8 heteroatoms. The van der Waals surface area contributed by atoms with E-state index < -0.39 is 6.61 Å². The van der Waals surface area contributed by atoms with E-state index in [1.807, 2.05) is 30.3 Å². The van der Waals surface area contributed by atoms with Crippen molar-refractivity contribution < 1.29 is 28.1 Å². The number of halogens is 2. The van der Waals surface area contributed by atoms with Crippen LogP contribution in [0.1, 0.15) is 18.4 Å². The molecule has 1 aliphatic carbocycles. The summed E-state index contributed by atoms with van der Waals surface area (Å²) in [6.45, 7) is -2.53. The first kappa shape index (κ1) is 17.9. The zero-order chi connectivity index (χ0) is 18.2. The third kappa shape index (κ3) is 5.59. The van der Waals surface area contributed by atoms with Crippen LogP contribution in [0.5, 0.6) is 0 Å². The third-order valence-electron chi connectivity index (χ3n) is 3.52. The summed E-state index contributed by atoms with van der Waals surface area (Å²) in [5.74, 6) is 0.192. The number of hydrogen-bond acceptors (Lipinski definition) is 5. The Morgan fingerprint density at radius 1 is 1.31 bits per heavy atom. The number of allylic oxidation sites excluding steroid dienone is 1. The van der Waals surface area contributed by atoms with E-state index in [1.54, 1.807) is 6.08 Å². The second kappa shape index (κ2) is 9.00. The van der Waals surface area contributed by atoms with Crippen LogP contribution in [0.4, 0.5) is 8.78 Å². The highest BCUT2D eigenvalue weighted by Crippen LogP contribution is 2.28. The quantitative estimate of drug-likeness (QED) is 0.328. The monoisotopic (exact) mass is 364 g/mol. The van der Waals surface area contributed by atoms with Crippen LogP contribution >= 0.6 is 0 Å². The summed E-state index contributed by atoms with van der Waals surface area (Å²) < 4.78 is 29.6. The number of alkyl halides is 2. The minimum absolute atomic E-state index is 0.0535. The van der Waals surface area contributed by atoms with Gasteiger partial charge in [0.25, 0.3) is 5.76 Å². The van der Waals surface area contributed by atoms with Crippen LogP contribution in [-0.2, 0) is 19.3 Å². The molecule has 1 aromatic carbocycles. The Morgan fingerprint density at radius 2 is 2.12 bits per heavy atom. The third-order valence-corrected chi connectivity index (χ3v) is 3.52. The van der Waals surface area contributed by atoms with Crippen molar-refractivity contribution in [2.24, 2.45) is 10.9 Å². The van der Waals surface area contributed by atoms with Crippen LogP contribution in [0, 0.1) is 5.92 Å². The van der Waals surface area contributed by atoms with Gasteiger partial charge in [0.15, 0.2) is 5.76 Å². The fraction of sp³-hybridized carbons (Fsp3) is 0.278. The fourth-order valence-electron chi connectivity index (χ4n) is 2.03. The summed E-state index contributed by atoms with van der Waals surface area (Å²) in [5, 5.41) is 0. The topological polar surface area (TPSA) is 61.3 Å². The summed E-state index contributed by atoms with van der Waals surface area (Å²) >= 11 is 0. The zero-order valence-corrected chi connectivity index (χ0v) is 13.8. The van der Waals surface area contributed by atoms with Crippen LogP contribution in [0.15, 0.2) is 65.4 Å². The Labute approximate surface area is 149 Å². The molecule has 0 amide bonds. The van der Waals surface area contributed by atoms with Crippen molar-refractivity contribution in [1.29, 1.82) is 0 Å². The molecule has 1 aromatic rings. The average Bonchev–Trinajstić information content (AvgIpc) is 3.46. The van der Waals surface area contributed by atoms with Crippen LogP contribution in [0.25, 0.3) is 6.08 Å². The van der Waals surface area contributed by atoms with Crippen molar-refractivity contribution >= 4 is 11.9 Å². The predicted molar refractivity (Wildman–Crippen MR) is 90.1 cm³/mol. The van der Waals surface area contributed by atoms with Gasteiger partial charge in [0, 0.05) is 12.3 Å². The lowest BCUT2D eigenvalue weighted by Gasteiger charge is -2.17. The predicted octanol–water partition coefficient (Wildman–Crippen LogP) is 3.91. The van der Waals surface area contributed by atoms with Gasteiger partial charge < -0.3 is 4.74 Å². The molecule has 1 aliphatic heterocycles. The fourth-order valence-corrected chi connectivity index (χ4v) is 2.03. The Hall–Kier alpha value is -2.87. The van der Waals surface area contributed by atoms with E-state index in [0.717, 1.165) is 24.7 Å². The Bertz CT molecular complexity index is 713. The summed E-state index contributed by atoms with van der Waals surface area (Å²) in [6, 6.07) is 9.48. The van der Waals surface area contributed by atoms with E-state index in [4.69, 9.17) is 14.6 Å². The van der Waals surface area contributed by atoms with E-state index in [-0.39, 0.29) is 17.4 Å². The highest BCUT2D eigenvalue weighted by Gasteiger charge is 2.25. The molecule has 0 radical (unpaired) electrons. The van der Waals surface area contributed by atoms with Gasteiger partial charge in [-0.2, -0.15) is 8.78 Å². The number of amidine groups is 1. The molecule has 0 saturated heterocycles. The van der Waals surface area contributed by atoms with Gasteiger partial charge in [0.05, 0.1) is 6.61 Å². The van der Waals surface area contributed by atoms with Crippen LogP contribution < -0.4 is 5.48 Å². The molecule has 1 saturated carbocycles. The summed E-state index contributed by atoms with van der Waals surface area (Å²) in [5.41, 5.74) is 3.55. The molecule has 0 atom stereocenters. The van der Waals surface area contributed by atoms with Crippen molar-refractivity contribution in [2.75, 3.05) is 6.61 Å².